The average Bonchev–Trinajstić information content (AvgIpc) is 2.17. The van der Waals surface area contributed by atoms with Crippen molar-refractivity contribution in [3.05, 3.63) is 39.5 Å². The Balaban J connectivity index is 2.89. The summed E-state index contributed by atoms with van der Waals surface area (Å²) >= 11 is 5.63. The van der Waals surface area contributed by atoms with Crippen molar-refractivity contribution in [1.29, 1.82) is 0 Å². The Morgan fingerprint density at radius 3 is 2.80 bits per heavy atom. The minimum absolute atomic E-state index is 0.131. The summed E-state index contributed by atoms with van der Waals surface area (Å²) in [6.07, 6.45) is 1.16. The highest BCUT2D eigenvalue weighted by Gasteiger charge is 2.19. The molecule has 0 amide bonds. The number of fused-ring (bicyclic) bond motifs is 1. The van der Waals surface area contributed by atoms with E-state index in [1.807, 2.05) is 0 Å². The molecule has 0 atom stereocenters. The zero-order chi connectivity index (χ0) is 11.0. The molecule has 0 aliphatic heterocycles. The maximum atomic E-state index is 13.6. The summed E-state index contributed by atoms with van der Waals surface area (Å²) in [5.74, 6) is -1.01. The van der Waals surface area contributed by atoms with E-state index in [9.17, 15) is 14.5 Å². The first-order valence-electron chi connectivity index (χ1n) is 3.84. The first-order chi connectivity index (χ1) is 7.11. The van der Waals surface area contributed by atoms with Crippen LogP contribution in [0.5, 0.6) is 0 Å². The second-order valence-corrected chi connectivity index (χ2v) is 3.07. The lowest BCUT2D eigenvalue weighted by Gasteiger charge is -2.00. The molecule has 0 radical (unpaired) electrons. The van der Waals surface area contributed by atoms with Gasteiger partial charge in [0, 0.05) is 6.07 Å². The summed E-state index contributed by atoms with van der Waals surface area (Å²) < 4.78 is 13.6. The van der Waals surface area contributed by atoms with Crippen LogP contribution in [-0.4, -0.2) is 14.9 Å². The first-order valence-corrected chi connectivity index (χ1v) is 4.22. The lowest BCUT2D eigenvalue weighted by molar-refractivity contribution is -0.387. The number of halogens is 2. The summed E-state index contributed by atoms with van der Waals surface area (Å²) in [6, 6.07) is 2.37. The monoisotopic (exact) mass is 227 g/mol. The third-order valence-corrected chi connectivity index (χ3v) is 2.16. The maximum absolute atomic E-state index is 13.6. The number of aromatic nitrogens is 2. The minimum Gasteiger partial charge on any atom is -0.258 e. The van der Waals surface area contributed by atoms with Gasteiger partial charge >= 0.3 is 5.69 Å². The first kappa shape index (κ1) is 9.72. The summed E-state index contributed by atoms with van der Waals surface area (Å²) in [7, 11) is 0. The van der Waals surface area contributed by atoms with E-state index in [-0.39, 0.29) is 16.1 Å². The van der Waals surface area contributed by atoms with Crippen LogP contribution in [-0.2, 0) is 0 Å². The van der Waals surface area contributed by atoms with E-state index >= 15 is 0 Å². The molecule has 0 unspecified atom stereocenters. The Labute approximate surface area is 87.7 Å². The lowest BCUT2D eigenvalue weighted by atomic mass is 10.2. The molecule has 7 heteroatoms. The predicted molar refractivity (Wildman–Crippen MR) is 51.2 cm³/mol. The topological polar surface area (TPSA) is 68.9 Å². The van der Waals surface area contributed by atoms with E-state index in [1.54, 1.807) is 0 Å². The fourth-order valence-corrected chi connectivity index (χ4v) is 1.43. The van der Waals surface area contributed by atoms with Gasteiger partial charge in [0.15, 0.2) is 0 Å². The van der Waals surface area contributed by atoms with Crippen LogP contribution in [0.25, 0.3) is 10.9 Å². The lowest BCUT2D eigenvalue weighted by Crippen LogP contribution is -1.95. The van der Waals surface area contributed by atoms with Gasteiger partial charge < -0.3 is 0 Å². The quantitative estimate of drug-likeness (QED) is 0.426. The number of hydrogen-bond donors (Lipinski definition) is 0. The fourth-order valence-electron chi connectivity index (χ4n) is 1.21. The summed E-state index contributed by atoms with van der Waals surface area (Å²) in [4.78, 5) is 16.9. The van der Waals surface area contributed by atoms with Crippen molar-refractivity contribution >= 4 is 28.2 Å². The van der Waals surface area contributed by atoms with E-state index in [4.69, 9.17) is 11.6 Å². The van der Waals surface area contributed by atoms with Crippen LogP contribution < -0.4 is 0 Å². The number of hydrogen-bond acceptors (Lipinski definition) is 4. The smallest absolute Gasteiger partial charge is 0.258 e. The van der Waals surface area contributed by atoms with Crippen molar-refractivity contribution < 1.29 is 9.31 Å². The predicted octanol–water partition coefficient (Wildman–Crippen LogP) is 2.33. The van der Waals surface area contributed by atoms with Gasteiger partial charge in [-0.05, 0) is 6.07 Å². The molecular formula is C8H3ClFN3O2. The number of nitrogens with zero attached hydrogens (tertiary/aromatic N) is 3. The molecule has 76 valence electrons. The van der Waals surface area contributed by atoms with E-state index in [0.29, 0.717) is 0 Å². The third kappa shape index (κ3) is 1.48. The third-order valence-electron chi connectivity index (χ3n) is 1.87. The Hall–Kier alpha value is -1.82. The summed E-state index contributed by atoms with van der Waals surface area (Å²) in [5, 5.41) is 10.2. The van der Waals surface area contributed by atoms with Crippen LogP contribution in [0.3, 0.4) is 0 Å². The molecule has 0 aliphatic rings. The number of benzene rings is 1. The second kappa shape index (κ2) is 3.39. The highest BCUT2D eigenvalue weighted by atomic mass is 35.5. The standard InChI is InChI=1S/C8H3ClFN3O2/c9-8-6-4(11-3-12-8)1-2-5(7(6)10)13(14)15/h1-3H. The Morgan fingerprint density at radius 1 is 1.40 bits per heavy atom. The van der Waals surface area contributed by atoms with E-state index in [0.717, 1.165) is 12.4 Å². The molecule has 2 aromatic rings. The second-order valence-electron chi connectivity index (χ2n) is 2.71. The molecule has 1 heterocycles. The zero-order valence-corrected chi connectivity index (χ0v) is 7.90. The van der Waals surface area contributed by atoms with Crippen molar-refractivity contribution in [3.8, 4) is 0 Å². The van der Waals surface area contributed by atoms with E-state index in [1.165, 1.54) is 6.07 Å². The van der Waals surface area contributed by atoms with Gasteiger partial charge in [0.05, 0.1) is 15.8 Å². The van der Waals surface area contributed by atoms with E-state index in [2.05, 4.69) is 9.97 Å². The Bertz CT molecular complexity index is 561. The molecule has 0 fully saturated rings. The normalized spacial score (nSPS) is 10.5. The van der Waals surface area contributed by atoms with Crippen LogP contribution in [0, 0.1) is 15.9 Å². The van der Waals surface area contributed by atoms with Crippen LogP contribution in [0.1, 0.15) is 0 Å². The van der Waals surface area contributed by atoms with Crippen LogP contribution >= 0.6 is 11.6 Å². The van der Waals surface area contributed by atoms with Gasteiger partial charge in [-0.25, -0.2) is 9.97 Å². The van der Waals surface area contributed by atoms with Crippen molar-refractivity contribution in [2.45, 2.75) is 0 Å². The fraction of sp³-hybridized carbons (Fsp3) is 0. The highest BCUT2D eigenvalue weighted by Crippen LogP contribution is 2.28. The van der Waals surface area contributed by atoms with Crippen molar-refractivity contribution in [1.82, 2.24) is 9.97 Å². The van der Waals surface area contributed by atoms with E-state index < -0.39 is 16.4 Å². The Kier molecular flexibility index (Phi) is 2.20. The van der Waals surface area contributed by atoms with Crippen LogP contribution in [0.15, 0.2) is 18.5 Å². The zero-order valence-electron chi connectivity index (χ0n) is 7.15. The average molecular weight is 228 g/mol. The molecule has 15 heavy (non-hydrogen) atoms. The molecule has 1 aromatic heterocycles. The van der Waals surface area contributed by atoms with Gasteiger partial charge in [-0.15, -0.1) is 0 Å². The van der Waals surface area contributed by atoms with Gasteiger partial charge in [-0.3, -0.25) is 10.1 Å². The van der Waals surface area contributed by atoms with Gasteiger partial charge in [-0.1, -0.05) is 11.6 Å². The number of rotatable bonds is 1. The van der Waals surface area contributed by atoms with Gasteiger partial charge in [0.25, 0.3) is 0 Å². The minimum atomic E-state index is -1.01. The summed E-state index contributed by atoms with van der Waals surface area (Å²) in [5.41, 5.74) is -0.405. The Morgan fingerprint density at radius 2 is 2.13 bits per heavy atom. The van der Waals surface area contributed by atoms with Crippen LogP contribution in [0.2, 0.25) is 5.15 Å². The van der Waals surface area contributed by atoms with Crippen molar-refractivity contribution in [2.75, 3.05) is 0 Å². The van der Waals surface area contributed by atoms with Gasteiger partial charge in [0.1, 0.15) is 11.5 Å². The molecule has 0 saturated carbocycles. The molecule has 0 spiro atoms. The van der Waals surface area contributed by atoms with Crippen molar-refractivity contribution in [2.24, 2.45) is 0 Å². The molecule has 0 N–H and O–H groups in total. The number of nitro groups is 1. The van der Waals surface area contributed by atoms with Gasteiger partial charge in [-0.2, -0.15) is 4.39 Å². The molecule has 0 aliphatic carbocycles. The molecule has 2 rings (SSSR count). The molecule has 0 bridgehead atoms. The largest absolute Gasteiger partial charge is 0.305 e. The highest BCUT2D eigenvalue weighted by molar-refractivity contribution is 6.34. The molecular weight excluding hydrogens is 225 g/mol. The molecule has 1 aromatic carbocycles. The SMILES string of the molecule is O=[N+]([O-])c1ccc2ncnc(Cl)c2c1F. The van der Waals surface area contributed by atoms with Crippen LogP contribution in [0.4, 0.5) is 10.1 Å². The summed E-state index contributed by atoms with van der Waals surface area (Å²) in [6.45, 7) is 0. The maximum Gasteiger partial charge on any atom is 0.305 e. The van der Waals surface area contributed by atoms with Crippen molar-refractivity contribution in [3.63, 3.8) is 0 Å². The molecule has 0 saturated heterocycles. The van der Waals surface area contributed by atoms with Gasteiger partial charge in [0.2, 0.25) is 5.82 Å². The molecule has 5 nitrogen and oxygen atoms in total. The number of nitro benzene ring substituents is 1.